The Kier molecular flexibility index (Phi) is 7.67. The molecule has 0 saturated heterocycles. The van der Waals surface area contributed by atoms with Gasteiger partial charge in [-0.3, -0.25) is 4.98 Å². The summed E-state index contributed by atoms with van der Waals surface area (Å²) in [5, 5.41) is 15.2. The van der Waals surface area contributed by atoms with E-state index in [4.69, 9.17) is 4.74 Å². The summed E-state index contributed by atoms with van der Waals surface area (Å²) in [6, 6.07) is 9.37. The smallest absolute Gasteiger partial charge is 0.407 e. The van der Waals surface area contributed by atoms with Crippen LogP contribution in [0.1, 0.15) is 38.3 Å². The molecule has 3 aromatic rings. The largest absolute Gasteiger partial charge is 0.444 e. The molecule has 0 aliphatic heterocycles. The van der Waals surface area contributed by atoms with Gasteiger partial charge in [0.1, 0.15) is 11.9 Å². The van der Waals surface area contributed by atoms with Crippen molar-refractivity contribution >= 4 is 17.7 Å². The highest BCUT2D eigenvalue weighted by Gasteiger charge is 2.15. The summed E-state index contributed by atoms with van der Waals surface area (Å²) in [5.74, 6) is 0.902. The lowest BCUT2D eigenvalue weighted by Gasteiger charge is -2.19. The van der Waals surface area contributed by atoms with Crippen LogP contribution in [0.2, 0.25) is 0 Å². The third kappa shape index (κ3) is 7.28. The molecule has 0 aliphatic carbocycles. The van der Waals surface area contributed by atoms with E-state index in [1.807, 2.05) is 51.1 Å². The van der Waals surface area contributed by atoms with Crippen molar-refractivity contribution in [2.45, 2.75) is 45.8 Å². The number of hydrogen-bond donors (Lipinski definition) is 3. The summed E-state index contributed by atoms with van der Waals surface area (Å²) < 4.78 is 5.23. The molecule has 2 aromatic heterocycles. The van der Waals surface area contributed by atoms with Gasteiger partial charge in [-0.2, -0.15) is 4.98 Å². The van der Waals surface area contributed by atoms with E-state index in [9.17, 15) is 9.90 Å². The molecule has 0 aliphatic rings. The van der Waals surface area contributed by atoms with Gasteiger partial charge in [0.05, 0.1) is 6.61 Å². The molecule has 1 amide bonds. The molecule has 0 bridgehead atoms. The van der Waals surface area contributed by atoms with Crippen LogP contribution in [-0.4, -0.2) is 43.3 Å². The van der Waals surface area contributed by atoms with Crippen LogP contribution in [0, 0.1) is 0 Å². The van der Waals surface area contributed by atoms with Crippen molar-refractivity contribution in [3.8, 4) is 11.4 Å². The Morgan fingerprint density at radius 1 is 1.12 bits per heavy atom. The van der Waals surface area contributed by atoms with Gasteiger partial charge in [0, 0.05) is 30.2 Å². The van der Waals surface area contributed by atoms with Crippen LogP contribution in [-0.2, 0) is 17.8 Å². The quantitative estimate of drug-likeness (QED) is 0.458. The third-order valence-corrected chi connectivity index (χ3v) is 4.30. The number of aryl methyl sites for hydroxylation is 1. The van der Waals surface area contributed by atoms with E-state index in [-0.39, 0.29) is 6.61 Å². The highest BCUT2D eigenvalue weighted by atomic mass is 16.6. The van der Waals surface area contributed by atoms with Gasteiger partial charge in [-0.25, -0.2) is 14.8 Å². The first-order valence-corrected chi connectivity index (χ1v) is 10.4. The molecule has 9 heteroatoms. The second-order valence-electron chi connectivity index (χ2n) is 8.23. The Labute approximate surface area is 187 Å². The molecular formula is C23H28N6O3. The minimum atomic E-state index is -0.512. The van der Waals surface area contributed by atoms with Gasteiger partial charge >= 0.3 is 6.09 Å². The Balaban J connectivity index is 1.60. The number of anilines is 2. The maximum atomic E-state index is 11.7. The molecule has 0 radical (unpaired) electrons. The van der Waals surface area contributed by atoms with Gasteiger partial charge in [-0.15, -0.1) is 0 Å². The molecule has 0 spiro atoms. The van der Waals surface area contributed by atoms with Crippen molar-refractivity contribution in [1.29, 1.82) is 0 Å². The molecule has 0 saturated carbocycles. The number of nitrogens with zero attached hydrogens (tertiary/aromatic N) is 4. The fourth-order valence-electron chi connectivity index (χ4n) is 2.92. The van der Waals surface area contributed by atoms with Crippen molar-refractivity contribution in [1.82, 2.24) is 25.3 Å². The van der Waals surface area contributed by atoms with Crippen LogP contribution in [0.25, 0.3) is 11.4 Å². The molecule has 0 atom stereocenters. The van der Waals surface area contributed by atoms with Crippen LogP contribution in [0.4, 0.5) is 16.4 Å². The Morgan fingerprint density at radius 3 is 2.75 bits per heavy atom. The van der Waals surface area contributed by atoms with Crippen LogP contribution in [0.5, 0.6) is 0 Å². The summed E-state index contributed by atoms with van der Waals surface area (Å²) in [6.07, 6.45) is 6.00. The van der Waals surface area contributed by atoms with Crippen molar-refractivity contribution in [2.75, 3.05) is 11.9 Å². The fourth-order valence-corrected chi connectivity index (χ4v) is 2.92. The van der Waals surface area contributed by atoms with Gasteiger partial charge in [0.15, 0.2) is 5.82 Å². The normalized spacial score (nSPS) is 11.1. The van der Waals surface area contributed by atoms with Gasteiger partial charge in [0.25, 0.3) is 0 Å². The molecule has 168 valence electrons. The second-order valence-corrected chi connectivity index (χ2v) is 8.23. The zero-order chi connectivity index (χ0) is 23.0. The average molecular weight is 437 g/mol. The number of carbonyl (C=O) groups excluding carboxylic acids is 1. The van der Waals surface area contributed by atoms with Gasteiger partial charge in [0.2, 0.25) is 5.95 Å². The van der Waals surface area contributed by atoms with Gasteiger partial charge < -0.3 is 20.5 Å². The number of aromatic nitrogens is 4. The topological polar surface area (TPSA) is 122 Å². The number of ether oxygens (including phenoxy) is 1. The monoisotopic (exact) mass is 436 g/mol. The van der Waals surface area contributed by atoms with Gasteiger partial charge in [-0.1, -0.05) is 12.1 Å². The van der Waals surface area contributed by atoms with E-state index < -0.39 is 11.7 Å². The summed E-state index contributed by atoms with van der Waals surface area (Å²) >= 11 is 0. The van der Waals surface area contributed by atoms with E-state index in [0.717, 1.165) is 35.2 Å². The number of pyridine rings is 1. The first-order valence-electron chi connectivity index (χ1n) is 10.4. The summed E-state index contributed by atoms with van der Waals surface area (Å²) in [4.78, 5) is 28.9. The zero-order valence-electron chi connectivity index (χ0n) is 18.5. The number of nitrogens with one attached hydrogen (secondary N) is 2. The standard InChI is InChI=1S/C23H28N6O3/c1-23(2,3)32-22(31)25-9-5-7-16-10-18(13-24-12-16)20-26-15-27-21(29-20)28-19-8-4-6-17(11-19)14-30/h4,6,8,10-13,15,30H,5,7,9,14H2,1-3H3,(H,25,31)(H,26,27,28,29). The molecule has 1 aromatic carbocycles. The third-order valence-electron chi connectivity index (χ3n) is 4.30. The lowest BCUT2D eigenvalue weighted by molar-refractivity contribution is 0.0527. The second kappa shape index (κ2) is 10.6. The van der Waals surface area contributed by atoms with Crippen LogP contribution in [0.3, 0.4) is 0 Å². The average Bonchev–Trinajstić information content (AvgIpc) is 2.76. The number of hydrogen-bond acceptors (Lipinski definition) is 8. The van der Waals surface area contributed by atoms with Crippen molar-refractivity contribution in [2.24, 2.45) is 0 Å². The lowest BCUT2D eigenvalue weighted by Crippen LogP contribution is -2.33. The number of benzene rings is 1. The number of aliphatic hydroxyl groups excluding tert-OH is 1. The highest BCUT2D eigenvalue weighted by molar-refractivity contribution is 5.67. The maximum absolute atomic E-state index is 11.7. The molecule has 3 N–H and O–H groups in total. The molecule has 32 heavy (non-hydrogen) atoms. The van der Waals surface area contributed by atoms with Gasteiger partial charge in [-0.05, 0) is 62.9 Å². The van der Waals surface area contributed by atoms with Crippen molar-refractivity contribution in [3.63, 3.8) is 0 Å². The molecule has 9 nitrogen and oxygen atoms in total. The minimum Gasteiger partial charge on any atom is -0.444 e. The predicted octanol–water partition coefficient (Wildman–Crippen LogP) is 3.63. The number of aliphatic hydroxyl groups is 1. The number of carbonyl (C=O) groups is 1. The van der Waals surface area contributed by atoms with E-state index in [2.05, 4.69) is 30.6 Å². The van der Waals surface area contributed by atoms with E-state index >= 15 is 0 Å². The molecular weight excluding hydrogens is 408 g/mol. The maximum Gasteiger partial charge on any atom is 0.407 e. The fraction of sp³-hybridized carbons (Fsp3) is 0.348. The minimum absolute atomic E-state index is 0.0380. The van der Waals surface area contributed by atoms with Crippen LogP contribution >= 0.6 is 0 Å². The number of amides is 1. The summed E-state index contributed by atoms with van der Waals surface area (Å²) in [7, 11) is 0. The van der Waals surface area contributed by atoms with Crippen molar-refractivity contribution in [3.05, 3.63) is 60.2 Å². The van der Waals surface area contributed by atoms with E-state index in [0.29, 0.717) is 18.3 Å². The molecule has 3 rings (SSSR count). The zero-order valence-corrected chi connectivity index (χ0v) is 18.5. The highest BCUT2D eigenvalue weighted by Crippen LogP contribution is 2.19. The number of alkyl carbamates (subject to hydrolysis) is 1. The first-order chi connectivity index (χ1) is 15.3. The molecule has 0 fully saturated rings. The van der Waals surface area contributed by atoms with Crippen LogP contribution < -0.4 is 10.6 Å². The van der Waals surface area contributed by atoms with Crippen LogP contribution in [0.15, 0.2) is 49.1 Å². The Morgan fingerprint density at radius 2 is 1.97 bits per heavy atom. The Bertz CT molecular complexity index is 1050. The van der Waals surface area contributed by atoms with E-state index in [1.54, 1.807) is 12.4 Å². The van der Waals surface area contributed by atoms with E-state index in [1.165, 1.54) is 6.33 Å². The lowest BCUT2D eigenvalue weighted by atomic mass is 10.1. The molecule has 0 unspecified atom stereocenters. The molecule has 2 heterocycles. The SMILES string of the molecule is CC(C)(C)OC(=O)NCCCc1cncc(-c2ncnc(Nc3cccc(CO)c3)n2)c1. The predicted molar refractivity (Wildman–Crippen MR) is 121 cm³/mol. The summed E-state index contributed by atoms with van der Waals surface area (Å²) in [5.41, 5.74) is 2.85. The Hall–Kier alpha value is -3.59. The van der Waals surface area contributed by atoms with Crippen molar-refractivity contribution < 1.29 is 14.6 Å². The first kappa shape index (κ1) is 23.1. The number of rotatable bonds is 8. The summed E-state index contributed by atoms with van der Waals surface area (Å²) in [6.45, 7) is 5.96.